The zero-order valence-corrected chi connectivity index (χ0v) is 35.5. The number of unbranched alkanes of at least 4 members (excludes halogenated alkanes) is 2. The lowest BCUT2D eigenvalue weighted by atomic mass is 9.93. The second kappa shape index (κ2) is 20.1. The number of aromatic nitrogens is 1. The Morgan fingerprint density at radius 1 is 0.817 bits per heavy atom. The van der Waals surface area contributed by atoms with Crippen molar-refractivity contribution in [1.82, 2.24) is 15.8 Å². The first-order chi connectivity index (χ1) is 28.2. The smallest absolute Gasteiger partial charge is 0.426 e. The lowest BCUT2D eigenvalue weighted by molar-refractivity contribution is -0.273. The number of alkyl halides is 6. The van der Waals surface area contributed by atoms with Crippen molar-refractivity contribution in [3.05, 3.63) is 114 Å². The number of hydrazine groups is 1. The molecule has 0 spiro atoms. The summed E-state index contributed by atoms with van der Waals surface area (Å²) in [5.74, 6) is -3.31. The van der Waals surface area contributed by atoms with Crippen LogP contribution in [0.2, 0.25) is 5.04 Å². The molecule has 0 radical (unpaired) electrons. The van der Waals surface area contributed by atoms with Gasteiger partial charge in [0.25, 0.3) is 20.1 Å². The van der Waals surface area contributed by atoms with E-state index in [2.05, 4.69) is 50.0 Å². The Balaban J connectivity index is 1.55. The van der Waals surface area contributed by atoms with Gasteiger partial charge >= 0.3 is 18.4 Å². The summed E-state index contributed by atoms with van der Waals surface area (Å²) in [5, 5.41) is 12.0. The molecule has 0 aliphatic carbocycles. The number of hydrogen-bond acceptors (Lipinski definition) is 7. The van der Waals surface area contributed by atoms with Crippen molar-refractivity contribution < 1.29 is 55.0 Å². The molecule has 4 aromatic rings. The number of hydrogen-bond donors (Lipinski definition) is 4. The van der Waals surface area contributed by atoms with Crippen LogP contribution >= 0.6 is 11.8 Å². The van der Waals surface area contributed by atoms with E-state index in [4.69, 9.17) is 9.16 Å². The fourth-order valence-corrected chi connectivity index (χ4v) is 12.2. The number of nitrogens with zero attached hydrogens (tertiary/aromatic N) is 1. The van der Waals surface area contributed by atoms with Crippen molar-refractivity contribution in [2.45, 2.75) is 101 Å². The molecular weight excluding hydrogens is 831 g/mol. The Morgan fingerprint density at radius 3 is 1.85 bits per heavy atom. The Labute approximate surface area is 350 Å². The molecule has 1 aromatic heterocycles. The second-order valence-electron chi connectivity index (χ2n) is 15.1. The van der Waals surface area contributed by atoms with Gasteiger partial charge in [0, 0.05) is 6.10 Å². The Bertz CT molecular complexity index is 2020. The van der Waals surface area contributed by atoms with Gasteiger partial charge < -0.3 is 14.3 Å². The molecule has 0 bridgehead atoms. The van der Waals surface area contributed by atoms with Crippen LogP contribution < -0.4 is 26.5 Å². The number of nitrogens with one attached hydrogen (secondary N) is 3. The topological polar surface area (TPSA) is 139 Å². The highest BCUT2D eigenvalue weighted by atomic mass is 32.2. The number of carboxylic acid groups (broad SMARTS) is 1. The molecule has 4 N–H and O–H groups in total. The summed E-state index contributed by atoms with van der Waals surface area (Å²) in [4.78, 5) is 41.9. The molecule has 1 heterocycles. The maximum absolute atomic E-state index is 15.2. The lowest BCUT2D eigenvalue weighted by Crippen LogP contribution is -2.67. The van der Waals surface area contributed by atoms with Gasteiger partial charge in [-0.1, -0.05) is 125 Å². The molecule has 0 aliphatic rings. The third-order valence-corrected chi connectivity index (χ3v) is 15.7. The molecule has 324 valence electrons. The van der Waals surface area contributed by atoms with Crippen LogP contribution in [-0.4, -0.2) is 60.5 Å². The van der Waals surface area contributed by atoms with Gasteiger partial charge in [0.15, 0.2) is 5.69 Å². The molecule has 60 heavy (non-hydrogen) atoms. The molecule has 10 nitrogen and oxygen atoms in total. The number of benzene rings is 3. The molecule has 0 aliphatic heterocycles. The Kier molecular flexibility index (Phi) is 16.0. The summed E-state index contributed by atoms with van der Waals surface area (Å²) in [7, 11) is -2.91. The van der Waals surface area contributed by atoms with E-state index >= 15 is 13.2 Å². The summed E-state index contributed by atoms with van der Waals surface area (Å²) >= 11 is 0.485. The van der Waals surface area contributed by atoms with Crippen LogP contribution in [0, 0.1) is 0 Å². The number of carbonyl (C=O) groups is 3. The van der Waals surface area contributed by atoms with E-state index in [1.165, 1.54) is 18.4 Å². The van der Waals surface area contributed by atoms with Crippen molar-refractivity contribution in [2.24, 2.45) is 0 Å². The first-order valence-electron chi connectivity index (χ1n) is 19.0. The van der Waals surface area contributed by atoms with E-state index in [-0.39, 0.29) is 24.0 Å². The molecule has 0 saturated heterocycles. The second-order valence-corrected chi connectivity index (χ2v) is 20.1. The summed E-state index contributed by atoms with van der Waals surface area (Å²) in [6.45, 7) is 7.70. The van der Waals surface area contributed by atoms with Gasteiger partial charge in [0.05, 0.1) is 17.9 Å². The fraction of sp³-hybridized carbons (Fsp3) is 0.381. The summed E-state index contributed by atoms with van der Waals surface area (Å²) in [6.07, 6.45) is -11.1. The number of anilines is 1. The van der Waals surface area contributed by atoms with Gasteiger partial charge in [-0.2, -0.15) is 26.3 Å². The highest BCUT2D eigenvalue weighted by Crippen LogP contribution is 2.41. The van der Waals surface area contributed by atoms with Gasteiger partial charge in [-0.15, -0.1) is 11.8 Å². The predicted molar refractivity (Wildman–Crippen MR) is 220 cm³/mol. The molecule has 0 fully saturated rings. The number of rotatable bonds is 17. The van der Waals surface area contributed by atoms with Crippen molar-refractivity contribution in [1.29, 1.82) is 0 Å². The zero-order valence-electron chi connectivity index (χ0n) is 33.7. The monoisotopic (exact) mass is 878 g/mol. The van der Waals surface area contributed by atoms with Crippen molar-refractivity contribution in [3.63, 3.8) is 0 Å². The molecule has 3 amide bonds. The summed E-state index contributed by atoms with van der Waals surface area (Å²) in [5.41, 5.74) is -2.94. The van der Waals surface area contributed by atoms with E-state index in [0.717, 1.165) is 10.4 Å². The van der Waals surface area contributed by atoms with Crippen LogP contribution in [0.15, 0.2) is 102 Å². The average Bonchev–Trinajstić information content (AvgIpc) is 3.19. The number of amides is 3. The minimum absolute atomic E-state index is 0.147. The predicted octanol–water partition coefficient (Wildman–Crippen LogP) is 9.11. The van der Waals surface area contributed by atoms with Crippen LogP contribution in [0.3, 0.4) is 0 Å². The van der Waals surface area contributed by atoms with Crippen molar-refractivity contribution in [2.75, 3.05) is 11.6 Å². The van der Waals surface area contributed by atoms with E-state index in [0.29, 0.717) is 36.2 Å². The molecule has 18 heteroatoms. The number of pyridine rings is 1. The van der Waals surface area contributed by atoms with Gasteiger partial charge in [0.2, 0.25) is 5.60 Å². The molecule has 2 atom stereocenters. The van der Waals surface area contributed by atoms with E-state index in [1.54, 1.807) is 34.4 Å². The molecule has 0 saturated carbocycles. The standard InChI is InChI=1S/C42H48F6N4O6SSi/c1-28(58-60(39(2,3)4,30-21-13-7-14-22-30)31-23-15-8-16-24-31)18-10-9-17-25-40(42(46,47)48,57-27-29-19-11-6-12-20-29)37(54)52-51-35(53)34-33(49-38(55)56)26-32(41(43,44)45)36(50-34)59-5/h6-8,11-16,19-24,26,28,49H,9-10,17-18,25,27H2,1-5H3,(H,51,53)(H,52,54)(H,55,56)/t28?,40-/m1/s1. The number of halogens is 6. The third kappa shape index (κ3) is 11.5. The van der Waals surface area contributed by atoms with E-state index < -0.39 is 79.2 Å². The normalized spacial score (nSPS) is 13.8. The van der Waals surface area contributed by atoms with Gasteiger partial charge in [-0.05, 0) is 59.5 Å². The highest BCUT2D eigenvalue weighted by molar-refractivity contribution is 7.98. The first-order valence-corrected chi connectivity index (χ1v) is 22.1. The number of ether oxygens (including phenoxy) is 1. The third-order valence-electron chi connectivity index (χ3n) is 9.82. The van der Waals surface area contributed by atoms with Crippen molar-refractivity contribution in [3.8, 4) is 0 Å². The summed E-state index contributed by atoms with van der Waals surface area (Å²) < 4.78 is 99.2. The zero-order chi connectivity index (χ0) is 44.4. The minimum atomic E-state index is -5.33. The fourth-order valence-electron chi connectivity index (χ4n) is 6.93. The first kappa shape index (κ1) is 47.8. The quantitative estimate of drug-likeness (QED) is 0.0271. The van der Waals surface area contributed by atoms with Crippen LogP contribution in [0.1, 0.15) is 81.4 Å². The maximum Gasteiger partial charge on any atom is 0.426 e. The Hall–Kier alpha value is -4.91. The van der Waals surface area contributed by atoms with Crippen LogP contribution in [0.5, 0.6) is 0 Å². The molecule has 3 aromatic carbocycles. The maximum atomic E-state index is 15.2. The van der Waals surface area contributed by atoms with Gasteiger partial charge in [-0.25, -0.2) is 9.78 Å². The van der Waals surface area contributed by atoms with E-state index in [1.807, 2.05) is 43.3 Å². The number of thioether (sulfide) groups is 1. The van der Waals surface area contributed by atoms with Gasteiger partial charge in [0.1, 0.15) is 5.03 Å². The Morgan fingerprint density at radius 2 is 1.37 bits per heavy atom. The van der Waals surface area contributed by atoms with E-state index in [9.17, 15) is 32.7 Å². The van der Waals surface area contributed by atoms with Crippen LogP contribution in [0.4, 0.5) is 36.8 Å². The largest absolute Gasteiger partial charge is 0.465 e. The molecule has 1 unspecified atom stereocenters. The lowest BCUT2D eigenvalue weighted by Gasteiger charge is -2.44. The molecule has 4 rings (SSSR count). The SMILES string of the molecule is CSc1nc(C(=O)NNC(=O)[C@@](CCCCCC(C)O[Si](c2ccccc2)(c2ccccc2)C(C)(C)C)(OCc2ccccc2)C(F)(F)F)c(NC(=O)O)cc1C(F)(F)F. The van der Waals surface area contributed by atoms with Crippen LogP contribution in [-0.2, 0) is 26.7 Å². The van der Waals surface area contributed by atoms with Crippen LogP contribution in [0.25, 0.3) is 0 Å². The van der Waals surface area contributed by atoms with Gasteiger partial charge in [-0.3, -0.25) is 25.8 Å². The highest BCUT2D eigenvalue weighted by Gasteiger charge is 2.61. The summed E-state index contributed by atoms with van der Waals surface area (Å²) in [6, 6.07) is 28.1. The minimum Gasteiger partial charge on any atom is -0.465 e. The average molecular weight is 879 g/mol. The van der Waals surface area contributed by atoms with Crippen molar-refractivity contribution >= 4 is 54.0 Å². The number of carbonyl (C=O) groups excluding carboxylic acids is 2. The molecular formula is C42H48F6N4O6SSi.